The molecule has 1 fully saturated rings. The number of methoxy groups -OCH3 is 2. The van der Waals surface area contributed by atoms with E-state index in [1.54, 1.807) is 4.90 Å². The van der Waals surface area contributed by atoms with E-state index in [2.05, 4.69) is 4.74 Å². The lowest BCUT2D eigenvalue weighted by atomic mass is 10.1. The zero-order chi connectivity index (χ0) is 14.4. The molecule has 0 aromatic rings. The molecule has 19 heavy (non-hydrogen) atoms. The summed E-state index contributed by atoms with van der Waals surface area (Å²) in [5.41, 5.74) is 0. The second-order valence-corrected chi connectivity index (χ2v) is 4.70. The second-order valence-electron chi connectivity index (χ2n) is 4.70. The molecule has 0 saturated carbocycles. The van der Waals surface area contributed by atoms with Gasteiger partial charge in [-0.05, 0) is 26.2 Å². The summed E-state index contributed by atoms with van der Waals surface area (Å²) in [6.07, 6.45) is 2.50. The van der Waals surface area contributed by atoms with Crippen molar-refractivity contribution in [2.24, 2.45) is 0 Å². The van der Waals surface area contributed by atoms with Gasteiger partial charge in [0.1, 0.15) is 6.04 Å². The standard InChI is InChI=1S/C13H21NO5/c1-9(5-4-6-12(16)18-2)14-10(13(17)19-3)7-8-11(14)15/h9-10H,4-8H2,1-3H3. The predicted molar refractivity (Wildman–Crippen MR) is 67.2 cm³/mol. The molecule has 0 N–H and O–H groups in total. The summed E-state index contributed by atoms with van der Waals surface area (Å²) in [6.45, 7) is 1.89. The van der Waals surface area contributed by atoms with Crippen molar-refractivity contribution >= 4 is 17.8 Å². The van der Waals surface area contributed by atoms with E-state index in [-0.39, 0.29) is 23.9 Å². The average Bonchev–Trinajstić information content (AvgIpc) is 2.79. The van der Waals surface area contributed by atoms with Crippen molar-refractivity contribution in [3.05, 3.63) is 0 Å². The molecule has 1 amide bonds. The lowest BCUT2D eigenvalue weighted by molar-refractivity contribution is -0.150. The van der Waals surface area contributed by atoms with Crippen LogP contribution in [0.25, 0.3) is 0 Å². The van der Waals surface area contributed by atoms with Crippen molar-refractivity contribution in [3.8, 4) is 0 Å². The first kappa shape index (κ1) is 15.5. The van der Waals surface area contributed by atoms with Gasteiger partial charge >= 0.3 is 11.9 Å². The van der Waals surface area contributed by atoms with E-state index in [0.29, 0.717) is 32.1 Å². The van der Waals surface area contributed by atoms with Gasteiger partial charge in [0.15, 0.2) is 0 Å². The van der Waals surface area contributed by atoms with Gasteiger partial charge in [-0.15, -0.1) is 0 Å². The van der Waals surface area contributed by atoms with E-state index in [1.807, 2.05) is 6.92 Å². The highest BCUT2D eigenvalue weighted by molar-refractivity contribution is 5.88. The minimum atomic E-state index is -0.481. The number of hydrogen-bond donors (Lipinski definition) is 0. The fraction of sp³-hybridized carbons (Fsp3) is 0.769. The van der Waals surface area contributed by atoms with Gasteiger partial charge < -0.3 is 14.4 Å². The third-order valence-electron chi connectivity index (χ3n) is 3.43. The SMILES string of the molecule is COC(=O)CCCC(C)N1C(=O)CCC1C(=O)OC. The molecule has 1 aliphatic rings. The van der Waals surface area contributed by atoms with Gasteiger partial charge in [0.05, 0.1) is 14.2 Å². The number of amides is 1. The van der Waals surface area contributed by atoms with Crippen molar-refractivity contribution in [2.45, 2.75) is 51.1 Å². The summed E-state index contributed by atoms with van der Waals surface area (Å²) >= 11 is 0. The maximum atomic E-state index is 11.8. The van der Waals surface area contributed by atoms with Crippen LogP contribution in [-0.4, -0.2) is 49.0 Å². The van der Waals surface area contributed by atoms with Gasteiger partial charge in [-0.1, -0.05) is 0 Å². The Labute approximate surface area is 113 Å². The number of carbonyl (C=O) groups is 3. The molecule has 1 rings (SSSR count). The van der Waals surface area contributed by atoms with Crippen molar-refractivity contribution in [1.82, 2.24) is 4.90 Å². The van der Waals surface area contributed by atoms with E-state index in [0.717, 1.165) is 0 Å². The first-order valence-electron chi connectivity index (χ1n) is 6.47. The van der Waals surface area contributed by atoms with Crippen LogP contribution < -0.4 is 0 Å². The number of esters is 2. The minimum Gasteiger partial charge on any atom is -0.469 e. The number of rotatable bonds is 6. The molecular weight excluding hydrogens is 250 g/mol. The average molecular weight is 271 g/mol. The molecule has 1 saturated heterocycles. The summed E-state index contributed by atoms with van der Waals surface area (Å²) in [6, 6.07) is -0.561. The van der Waals surface area contributed by atoms with Gasteiger partial charge in [-0.2, -0.15) is 0 Å². The van der Waals surface area contributed by atoms with Crippen LogP contribution in [-0.2, 0) is 23.9 Å². The predicted octanol–water partition coefficient (Wildman–Crippen LogP) is 0.882. The minimum absolute atomic E-state index is 0.0269. The quantitative estimate of drug-likeness (QED) is 0.671. The molecule has 6 nitrogen and oxygen atoms in total. The molecule has 1 aliphatic heterocycles. The molecule has 2 atom stereocenters. The van der Waals surface area contributed by atoms with Crippen molar-refractivity contribution < 1.29 is 23.9 Å². The molecule has 0 aromatic heterocycles. The molecule has 0 spiro atoms. The van der Waals surface area contributed by atoms with E-state index in [1.165, 1.54) is 14.2 Å². The van der Waals surface area contributed by atoms with Crippen LogP contribution in [0.1, 0.15) is 39.0 Å². The smallest absolute Gasteiger partial charge is 0.328 e. The Hall–Kier alpha value is -1.59. The summed E-state index contributed by atoms with van der Waals surface area (Å²) in [5, 5.41) is 0. The summed E-state index contributed by atoms with van der Waals surface area (Å²) < 4.78 is 9.28. The van der Waals surface area contributed by atoms with Crippen LogP contribution >= 0.6 is 0 Å². The summed E-state index contributed by atoms with van der Waals surface area (Å²) in [7, 11) is 2.67. The molecule has 2 unspecified atom stereocenters. The lowest BCUT2D eigenvalue weighted by Gasteiger charge is -2.29. The fourth-order valence-electron chi connectivity index (χ4n) is 2.41. The zero-order valence-electron chi connectivity index (χ0n) is 11.7. The Morgan fingerprint density at radius 2 is 2.05 bits per heavy atom. The van der Waals surface area contributed by atoms with Gasteiger partial charge in [0, 0.05) is 18.9 Å². The number of likely N-dealkylation sites (tertiary alicyclic amines) is 1. The Morgan fingerprint density at radius 3 is 2.63 bits per heavy atom. The van der Waals surface area contributed by atoms with E-state index < -0.39 is 6.04 Å². The monoisotopic (exact) mass is 271 g/mol. The highest BCUT2D eigenvalue weighted by Crippen LogP contribution is 2.24. The fourth-order valence-corrected chi connectivity index (χ4v) is 2.41. The molecule has 0 radical (unpaired) electrons. The van der Waals surface area contributed by atoms with Gasteiger partial charge in [-0.25, -0.2) is 4.79 Å². The topological polar surface area (TPSA) is 72.9 Å². The maximum absolute atomic E-state index is 11.8. The highest BCUT2D eigenvalue weighted by Gasteiger charge is 2.39. The lowest BCUT2D eigenvalue weighted by Crippen LogP contribution is -2.44. The third kappa shape index (κ3) is 3.94. The van der Waals surface area contributed by atoms with Crippen molar-refractivity contribution in [3.63, 3.8) is 0 Å². The Kier molecular flexibility index (Phi) is 5.79. The van der Waals surface area contributed by atoms with Gasteiger partial charge in [0.2, 0.25) is 5.91 Å². The Bertz CT molecular complexity index is 355. The molecule has 0 aliphatic carbocycles. The first-order valence-corrected chi connectivity index (χ1v) is 6.47. The second kappa shape index (κ2) is 7.11. The maximum Gasteiger partial charge on any atom is 0.328 e. The van der Waals surface area contributed by atoms with E-state index in [9.17, 15) is 14.4 Å². The van der Waals surface area contributed by atoms with Crippen LogP contribution in [0.3, 0.4) is 0 Å². The normalized spacial score (nSPS) is 20.3. The van der Waals surface area contributed by atoms with Crippen LogP contribution in [0.5, 0.6) is 0 Å². The van der Waals surface area contributed by atoms with Crippen LogP contribution in [0.2, 0.25) is 0 Å². The van der Waals surface area contributed by atoms with Crippen LogP contribution in [0.4, 0.5) is 0 Å². The number of ether oxygens (including phenoxy) is 2. The molecule has 0 bridgehead atoms. The van der Waals surface area contributed by atoms with E-state index in [4.69, 9.17) is 4.74 Å². The van der Waals surface area contributed by atoms with Crippen LogP contribution in [0.15, 0.2) is 0 Å². The largest absolute Gasteiger partial charge is 0.469 e. The third-order valence-corrected chi connectivity index (χ3v) is 3.43. The molecule has 108 valence electrons. The summed E-state index contributed by atoms with van der Waals surface area (Å²) in [5.74, 6) is -0.656. The zero-order valence-corrected chi connectivity index (χ0v) is 11.7. The summed E-state index contributed by atoms with van der Waals surface area (Å²) in [4.78, 5) is 36.0. The number of nitrogens with zero attached hydrogens (tertiary/aromatic N) is 1. The van der Waals surface area contributed by atoms with E-state index >= 15 is 0 Å². The Balaban J connectivity index is 2.52. The number of hydrogen-bond acceptors (Lipinski definition) is 5. The first-order chi connectivity index (χ1) is 9.01. The Morgan fingerprint density at radius 1 is 1.37 bits per heavy atom. The van der Waals surface area contributed by atoms with Crippen molar-refractivity contribution in [1.29, 1.82) is 0 Å². The molecule has 1 heterocycles. The molecule has 0 aromatic carbocycles. The van der Waals surface area contributed by atoms with Gasteiger partial charge in [0.25, 0.3) is 0 Å². The number of carbonyl (C=O) groups excluding carboxylic acids is 3. The molecule has 6 heteroatoms. The van der Waals surface area contributed by atoms with Gasteiger partial charge in [-0.3, -0.25) is 9.59 Å². The molecular formula is C13H21NO5. The highest BCUT2D eigenvalue weighted by atomic mass is 16.5. The van der Waals surface area contributed by atoms with Crippen molar-refractivity contribution in [2.75, 3.05) is 14.2 Å². The van der Waals surface area contributed by atoms with Crippen LogP contribution in [0, 0.1) is 0 Å².